The van der Waals surface area contributed by atoms with Crippen molar-refractivity contribution in [1.82, 2.24) is 4.90 Å². The number of likely N-dealkylation sites (tertiary alicyclic amines) is 1. The summed E-state index contributed by atoms with van der Waals surface area (Å²) in [4.78, 5) is 13.8. The summed E-state index contributed by atoms with van der Waals surface area (Å²) in [5.41, 5.74) is 3.35. The first-order chi connectivity index (χ1) is 14.2. The molecule has 7 nitrogen and oxygen atoms in total. The van der Waals surface area contributed by atoms with Gasteiger partial charge < -0.3 is 15.0 Å². The Kier molecular flexibility index (Phi) is 5.23. The van der Waals surface area contributed by atoms with Gasteiger partial charge in [-0.1, -0.05) is 17.7 Å². The van der Waals surface area contributed by atoms with Crippen molar-refractivity contribution in [3.8, 4) is 5.75 Å². The van der Waals surface area contributed by atoms with Crippen molar-refractivity contribution < 1.29 is 17.9 Å². The van der Waals surface area contributed by atoms with Crippen LogP contribution < -0.4 is 14.4 Å². The molecule has 30 heavy (non-hydrogen) atoms. The fourth-order valence-corrected chi connectivity index (χ4v) is 6.54. The number of methoxy groups -OCH3 is 1. The molecule has 0 aliphatic carbocycles. The second-order valence-electron chi connectivity index (χ2n) is 8.13. The third-order valence-corrected chi connectivity index (χ3v) is 7.78. The summed E-state index contributed by atoms with van der Waals surface area (Å²) in [6, 6.07) is 10.5. The molecule has 2 heterocycles. The number of rotatable bonds is 4. The lowest BCUT2D eigenvalue weighted by molar-refractivity contribution is -0.114. The zero-order chi connectivity index (χ0) is 21.6. The van der Waals surface area contributed by atoms with E-state index in [1.54, 1.807) is 16.4 Å². The van der Waals surface area contributed by atoms with Crippen LogP contribution in [-0.2, 0) is 14.8 Å². The molecule has 1 N–H and O–H groups in total. The number of carbonyl (C=O) groups excluding carboxylic acids is 1. The number of sulfonamides is 1. The van der Waals surface area contributed by atoms with E-state index >= 15 is 0 Å². The Balaban J connectivity index is 1.86. The minimum absolute atomic E-state index is 0.0577. The van der Waals surface area contributed by atoms with E-state index in [0.29, 0.717) is 5.69 Å². The number of hydrogen-bond acceptors (Lipinski definition) is 5. The van der Waals surface area contributed by atoms with Gasteiger partial charge in [-0.05, 0) is 56.8 Å². The summed E-state index contributed by atoms with van der Waals surface area (Å²) < 4.78 is 34.9. The summed E-state index contributed by atoms with van der Waals surface area (Å²) in [6.45, 7) is 5.07. The summed E-state index contributed by atoms with van der Waals surface area (Å²) in [5.74, 6) is 0.118. The molecule has 0 spiro atoms. The second kappa shape index (κ2) is 7.59. The maximum atomic E-state index is 14.0. The third kappa shape index (κ3) is 3.44. The number of benzene rings is 2. The molecule has 2 atom stereocenters. The fraction of sp³-hybridized carbons (Fsp3) is 0.409. The van der Waals surface area contributed by atoms with Gasteiger partial charge in [0.15, 0.2) is 0 Å². The maximum Gasteiger partial charge on any atom is 0.268 e. The Hall–Kier alpha value is -2.58. The average molecular weight is 430 g/mol. The molecule has 0 radical (unpaired) electrons. The number of aryl methyl sites for hydroxylation is 1. The van der Waals surface area contributed by atoms with Crippen LogP contribution in [0.2, 0.25) is 0 Å². The van der Waals surface area contributed by atoms with Crippen LogP contribution in [0.4, 0.5) is 11.4 Å². The molecule has 8 heteroatoms. The number of likely N-dealkylation sites (N-methyl/N-ethyl adjacent to an activating group) is 1. The quantitative estimate of drug-likeness (QED) is 0.808. The standard InChI is InChI=1S/C22H27N3O4S/c1-14-5-7-19-17(11-14)18-13-24(3)10-9-20(18)25(19)30(27,28)22-12-16(23-15(2)26)6-8-21(22)29-4/h5-8,11-12,18,20H,9-10,13H2,1-4H3,(H,23,26)/t18-,20-/m0/s1. The minimum atomic E-state index is -3.92. The van der Waals surface area contributed by atoms with Crippen molar-refractivity contribution in [1.29, 1.82) is 0 Å². The van der Waals surface area contributed by atoms with Gasteiger partial charge in [0.1, 0.15) is 10.6 Å². The molecule has 0 unspecified atom stereocenters. The average Bonchev–Trinajstić information content (AvgIpc) is 3.01. The predicted molar refractivity (Wildman–Crippen MR) is 117 cm³/mol. The molecule has 1 saturated heterocycles. The molecule has 2 aliphatic heterocycles. The molecule has 2 aromatic rings. The van der Waals surface area contributed by atoms with Crippen LogP contribution in [0.3, 0.4) is 0 Å². The normalized spacial score (nSPS) is 21.1. The summed E-state index contributed by atoms with van der Waals surface area (Å²) in [5, 5.41) is 2.66. The van der Waals surface area contributed by atoms with Gasteiger partial charge in [0.25, 0.3) is 10.0 Å². The van der Waals surface area contributed by atoms with Gasteiger partial charge >= 0.3 is 0 Å². The summed E-state index contributed by atoms with van der Waals surface area (Å²) in [6.07, 6.45) is 0.752. The monoisotopic (exact) mass is 429 g/mol. The van der Waals surface area contributed by atoms with Gasteiger partial charge in [0.2, 0.25) is 5.91 Å². The highest BCUT2D eigenvalue weighted by molar-refractivity contribution is 7.93. The van der Waals surface area contributed by atoms with Crippen LogP contribution >= 0.6 is 0 Å². The Morgan fingerprint density at radius 1 is 1.20 bits per heavy atom. The molecule has 1 amide bonds. The lowest BCUT2D eigenvalue weighted by Crippen LogP contribution is -2.47. The third-order valence-electron chi connectivity index (χ3n) is 5.92. The first kappa shape index (κ1) is 20.7. The van der Waals surface area contributed by atoms with Gasteiger partial charge in [0.05, 0.1) is 18.8 Å². The molecule has 160 valence electrons. The number of amides is 1. The van der Waals surface area contributed by atoms with Crippen LogP contribution in [-0.4, -0.2) is 52.5 Å². The van der Waals surface area contributed by atoms with Crippen LogP contribution in [0.1, 0.15) is 30.4 Å². The number of fused-ring (bicyclic) bond motifs is 3. The lowest BCUT2D eigenvalue weighted by Gasteiger charge is -2.36. The molecule has 0 bridgehead atoms. The van der Waals surface area contributed by atoms with E-state index in [9.17, 15) is 13.2 Å². The van der Waals surface area contributed by atoms with Crippen molar-refractivity contribution in [2.45, 2.75) is 37.1 Å². The predicted octanol–water partition coefficient (Wildman–Crippen LogP) is 2.96. The number of piperidine rings is 1. The van der Waals surface area contributed by atoms with Crippen molar-refractivity contribution in [3.63, 3.8) is 0 Å². The van der Waals surface area contributed by atoms with Gasteiger partial charge in [-0.2, -0.15) is 0 Å². The topological polar surface area (TPSA) is 78.9 Å². The summed E-state index contributed by atoms with van der Waals surface area (Å²) >= 11 is 0. The van der Waals surface area contributed by atoms with Crippen molar-refractivity contribution in [2.75, 3.05) is 36.9 Å². The number of ether oxygens (including phenoxy) is 1. The highest BCUT2D eigenvalue weighted by atomic mass is 32.2. The molecule has 0 aromatic heterocycles. The smallest absolute Gasteiger partial charge is 0.268 e. The van der Waals surface area contributed by atoms with Gasteiger partial charge in [-0.3, -0.25) is 9.10 Å². The van der Waals surface area contributed by atoms with Crippen LogP contribution in [0, 0.1) is 6.92 Å². The Labute approximate surface area is 177 Å². The van der Waals surface area contributed by atoms with Gasteiger partial charge in [-0.25, -0.2) is 8.42 Å². The number of nitrogens with zero attached hydrogens (tertiary/aromatic N) is 2. The van der Waals surface area contributed by atoms with Crippen molar-refractivity contribution >= 4 is 27.3 Å². The Morgan fingerprint density at radius 2 is 1.97 bits per heavy atom. The van der Waals surface area contributed by atoms with E-state index in [1.807, 2.05) is 19.1 Å². The Bertz CT molecular complexity index is 1100. The Morgan fingerprint density at radius 3 is 2.67 bits per heavy atom. The SMILES string of the molecule is COc1ccc(NC(C)=O)cc1S(=O)(=O)N1c2ccc(C)cc2[C@@H]2CN(C)CC[C@@H]21. The van der Waals surface area contributed by atoms with Crippen LogP contribution in [0.5, 0.6) is 5.75 Å². The van der Waals surface area contributed by atoms with Crippen molar-refractivity contribution in [2.24, 2.45) is 0 Å². The molecule has 1 fully saturated rings. The van der Waals surface area contributed by atoms with E-state index in [1.165, 1.54) is 20.1 Å². The highest BCUT2D eigenvalue weighted by Crippen LogP contribution is 2.48. The van der Waals surface area contributed by atoms with E-state index in [0.717, 1.165) is 36.3 Å². The van der Waals surface area contributed by atoms with E-state index < -0.39 is 10.0 Å². The second-order valence-corrected chi connectivity index (χ2v) is 9.92. The molecular formula is C22H27N3O4S. The molecule has 2 aromatic carbocycles. The lowest BCUT2D eigenvalue weighted by atomic mass is 9.89. The van der Waals surface area contributed by atoms with E-state index in [4.69, 9.17) is 4.74 Å². The van der Waals surface area contributed by atoms with Crippen LogP contribution in [0.25, 0.3) is 0 Å². The number of carbonyl (C=O) groups is 1. The zero-order valence-electron chi connectivity index (χ0n) is 17.7. The number of nitrogens with one attached hydrogen (secondary N) is 1. The summed E-state index contributed by atoms with van der Waals surface area (Å²) in [7, 11) is -0.393. The van der Waals surface area contributed by atoms with Crippen LogP contribution in [0.15, 0.2) is 41.3 Å². The zero-order valence-corrected chi connectivity index (χ0v) is 18.5. The molecule has 4 rings (SSSR count). The molecular weight excluding hydrogens is 402 g/mol. The minimum Gasteiger partial charge on any atom is -0.495 e. The molecule has 0 saturated carbocycles. The largest absolute Gasteiger partial charge is 0.495 e. The fourth-order valence-electron chi connectivity index (χ4n) is 4.61. The van der Waals surface area contributed by atoms with E-state index in [-0.39, 0.29) is 28.5 Å². The van der Waals surface area contributed by atoms with Gasteiger partial charge in [-0.15, -0.1) is 0 Å². The first-order valence-electron chi connectivity index (χ1n) is 10.0. The van der Waals surface area contributed by atoms with Gasteiger partial charge in [0, 0.05) is 25.1 Å². The number of anilines is 2. The van der Waals surface area contributed by atoms with Crippen molar-refractivity contribution in [3.05, 3.63) is 47.5 Å². The first-order valence-corrected chi connectivity index (χ1v) is 11.5. The number of hydrogen-bond donors (Lipinski definition) is 1. The maximum absolute atomic E-state index is 14.0. The van der Waals surface area contributed by atoms with E-state index in [2.05, 4.69) is 23.3 Å². The molecule has 2 aliphatic rings. The highest BCUT2D eigenvalue weighted by Gasteiger charge is 2.47.